The molecule has 116 valence electrons. The Hall–Kier alpha value is -1.82. The largest absolute Gasteiger partial charge is 0.303 e. The summed E-state index contributed by atoms with van der Waals surface area (Å²) in [6, 6.07) is 13.2. The van der Waals surface area contributed by atoms with Gasteiger partial charge in [0, 0.05) is 5.56 Å². The molecule has 1 aliphatic rings. The number of hydrogen-bond acceptors (Lipinski definition) is 4. The molecule has 0 radical (unpaired) electrons. The van der Waals surface area contributed by atoms with Crippen molar-refractivity contribution in [1.29, 1.82) is 0 Å². The van der Waals surface area contributed by atoms with Gasteiger partial charge in [0.25, 0.3) is 0 Å². The Morgan fingerprint density at radius 2 is 1.96 bits per heavy atom. The molecule has 0 bridgehead atoms. The molecule has 0 aliphatic carbocycles. The molecule has 1 saturated heterocycles. The minimum absolute atomic E-state index is 0.0554. The van der Waals surface area contributed by atoms with Crippen molar-refractivity contribution in [2.24, 2.45) is 10.2 Å². The second-order valence-electron chi connectivity index (χ2n) is 4.70. The van der Waals surface area contributed by atoms with Gasteiger partial charge in [0.2, 0.25) is 5.91 Å². The molecule has 0 atom stereocenters. The molecule has 3 rings (SSSR count). The van der Waals surface area contributed by atoms with Crippen molar-refractivity contribution in [3.63, 3.8) is 0 Å². The van der Waals surface area contributed by atoms with E-state index in [4.69, 9.17) is 23.2 Å². The number of nitrogens with zero attached hydrogens (tertiary/aromatic N) is 2. The smallest absolute Gasteiger partial charge is 0.236 e. The van der Waals surface area contributed by atoms with Gasteiger partial charge in [0.15, 0.2) is 5.17 Å². The Bertz CT molecular complexity index is 821. The maximum absolute atomic E-state index is 11.1. The van der Waals surface area contributed by atoms with Gasteiger partial charge >= 0.3 is 0 Å². The minimum atomic E-state index is -0.0554. The monoisotopic (exact) mass is 363 g/mol. The van der Waals surface area contributed by atoms with E-state index in [1.165, 1.54) is 11.8 Å². The average Bonchev–Trinajstić information content (AvgIpc) is 2.96. The molecule has 1 N–H and O–H groups in total. The third kappa shape index (κ3) is 3.93. The lowest BCUT2D eigenvalue weighted by Gasteiger charge is -2.06. The molecular formula is C16H11Cl2N3OS. The Labute approximate surface area is 147 Å². The SMILES string of the molecule is O=C1CSC(=NN=Cc2ccccc2-c2ccc(Cl)c(Cl)c2)N1. The first-order chi connectivity index (χ1) is 11.1. The lowest BCUT2D eigenvalue weighted by Crippen LogP contribution is -2.19. The van der Waals surface area contributed by atoms with Gasteiger partial charge in [0.1, 0.15) is 0 Å². The fraction of sp³-hybridized carbons (Fsp3) is 0.0625. The van der Waals surface area contributed by atoms with Crippen LogP contribution in [-0.4, -0.2) is 23.0 Å². The van der Waals surface area contributed by atoms with Crippen LogP contribution in [0, 0.1) is 0 Å². The predicted octanol–water partition coefficient (Wildman–Crippen LogP) is 4.21. The second kappa shape index (κ2) is 7.17. The van der Waals surface area contributed by atoms with Crippen LogP contribution in [0.1, 0.15) is 5.56 Å². The van der Waals surface area contributed by atoms with Crippen LogP contribution in [0.3, 0.4) is 0 Å². The molecule has 1 amide bonds. The van der Waals surface area contributed by atoms with Gasteiger partial charge in [-0.05, 0) is 23.3 Å². The van der Waals surface area contributed by atoms with Crippen LogP contribution in [0.15, 0.2) is 52.7 Å². The first-order valence-electron chi connectivity index (χ1n) is 6.71. The minimum Gasteiger partial charge on any atom is -0.303 e. The number of carbonyl (C=O) groups excluding carboxylic acids is 1. The maximum Gasteiger partial charge on any atom is 0.236 e. The number of hydrogen-bond donors (Lipinski definition) is 1. The maximum atomic E-state index is 11.1. The van der Waals surface area contributed by atoms with Crippen molar-refractivity contribution in [1.82, 2.24) is 5.32 Å². The summed E-state index contributed by atoms with van der Waals surface area (Å²) < 4.78 is 0. The van der Waals surface area contributed by atoms with Crippen molar-refractivity contribution in [3.8, 4) is 11.1 Å². The Morgan fingerprint density at radius 3 is 2.70 bits per heavy atom. The molecule has 0 aromatic heterocycles. The number of benzene rings is 2. The topological polar surface area (TPSA) is 53.8 Å². The summed E-state index contributed by atoms with van der Waals surface area (Å²) in [6.45, 7) is 0. The summed E-state index contributed by atoms with van der Waals surface area (Å²) in [7, 11) is 0. The van der Waals surface area contributed by atoms with Crippen molar-refractivity contribution in [2.45, 2.75) is 0 Å². The third-order valence-electron chi connectivity index (χ3n) is 3.12. The normalized spacial score (nSPS) is 16.3. The molecule has 2 aromatic carbocycles. The van der Waals surface area contributed by atoms with Crippen LogP contribution in [0.2, 0.25) is 10.0 Å². The summed E-state index contributed by atoms with van der Waals surface area (Å²) in [5.74, 6) is 0.328. The summed E-state index contributed by atoms with van der Waals surface area (Å²) in [4.78, 5) is 11.1. The third-order valence-corrected chi connectivity index (χ3v) is 4.73. The number of thioether (sulfide) groups is 1. The fourth-order valence-corrected chi connectivity index (χ4v) is 2.99. The van der Waals surface area contributed by atoms with Crippen molar-refractivity contribution >= 4 is 52.3 Å². The van der Waals surface area contributed by atoms with Crippen molar-refractivity contribution < 1.29 is 4.79 Å². The number of rotatable bonds is 3. The number of carbonyl (C=O) groups is 1. The summed E-state index contributed by atoms with van der Waals surface area (Å²) in [6.07, 6.45) is 1.65. The van der Waals surface area contributed by atoms with E-state index in [9.17, 15) is 4.79 Å². The van der Waals surface area contributed by atoms with Gasteiger partial charge in [-0.2, -0.15) is 5.10 Å². The first-order valence-corrected chi connectivity index (χ1v) is 8.46. The predicted molar refractivity (Wildman–Crippen MR) is 97.5 cm³/mol. The Kier molecular flexibility index (Phi) is 5.00. The van der Waals surface area contributed by atoms with Gasteiger partial charge in [-0.25, -0.2) is 0 Å². The highest BCUT2D eigenvalue weighted by Gasteiger charge is 2.16. The number of amides is 1. The van der Waals surface area contributed by atoms with E-state index in [0.29, 0.717) is 21.0 Å². The Morgan fingerprint density at radius 1 is 1.13 bits per heavy atom. The first kappa shape index (κ1) is 16.1. The van der Waals surface area contributed by atoms with Crippen LogP contribution >= 0.6 is 35.0 Å². The van der Waals surface area contributed by atoms with E-state index in [1.807, 2.05) is 36.4 Å². The van der Waals surface area contributed by atoms with Gasteiger partial charge in [-0.3, -0.25) is 4.79 Å². The van der Waals surface area contributed by atoms with E-state index in [1.54, 1.807) is 12.3 Å². The van der Waals surface area contributed by atoms with E-state index >= 15 is 0 Å². The molecule has 1 aliphatic heterocycles. The van der Waals surface area contributed by atoms with Gasteiger partial charge in [-0.15, -0.1) is 5.10 Å². The molecule has 23 heavy (non-hydrogen) atoms. The van der Waals surface area contributed by atoms with Crippen LogP contribution in [0.5, 0.6) is 0 Å². The zero-order valence-electron chi connectivity index (χ0n) is 11.8. The summed E-state index contributed by atoms with van der Waals surface area (Å²) in [5.41, 5.74) is 2.81. The van der Waals surface area contributed by atoms with Gasteiger partial charge in [0.05, 0.1) is 22.0 Å². The van der Waals surface area contributed by atoms with Crippen LogP contribution in [-0.2, 0) is 4.79 Å². The second-order valence-corrected chi connectivity index (χ2v) is 6.48. The summed E-state index contributed by atoms with van der Waals surface area (Å²) >= 11 is 13.4. The molecule has 1 heterocycles. The molecule has 2 aromatic rings. The molecule has 4 nitrogen and oxygen atoms in total. The Balaban J connectivity index is 1.88. The molecule has 0 saturated carbocycles. The van der Waals surface area contributed by atoms with E-state index in [0.717, 1.165) is 16.7 Å². The molecule has 0 spiro atoms. The highest BCUT2D eigenvalue weighted by Crippen LogP contribution is 2.29. The quantitative estimate of drug-likeness (QED) is 0.655. The lowest BCUT2D eigenvalue weighted by molar-refractivity contribution is -0.116. The van der Waals surface area contributed by atoms with Crippen LogP contribution in [0.4, 0.5) is 0 Å². The van der Waals surface area contributed by atoms with E-state index in [2.05, 4.69) is 15.5 Å². The van der Waals surface area contributed by atoms with Crippen molar-refractivity contribution in [3.05, 3.63) is 58.1 Å². The lowest BCUT2D eigenvalue weighted by atomic mass is 10.0. The molecule has 0 unspecified atom stereocenters. The number of nitrogens with one attached hydrogen (secondary N) is 1. The van der Waals surface area contributed by atoms with E-state index < -0.39 is 0 Å². The standard InChI is InChI=1S/C16H11Cl2N3OS/c17-13-6-5-10(7-14(13)18)12-4-2-1-3-11(12)8-19-21-16-20-15(22)9-23-16/h1-8H,9H2,(H,20,21,22). The number of amidine groups is 1. The zero-order chi connectivity index (χ0) is 16.2. The van der Waals surface area contributed by atoms with E-state index in [-0.39, 0.29) is 5.91 Å². The van der Waals surface area contributed by atoms with Gasteiger partial charge < -0.3 is 5.32 Å². The zero-order valence-corrected chi connectivity index (χ0v) is 14.1. The number of halogens is 2. The van der Waals surface area contributed by atoms with Crippen molar-refractivity contribution in [2.75, 3.05) is 5.75 Å². The van der Waals surface area contributed by atoms with Crippen LogP contribution in [0.25, 0.3) is 11.1 Å². The molecular weight excluding hydrogens is 353 g/mol. The summed E-state index contributed by atoms with van der Waals surface area (Å²) in [5, 5.41) is 12.2. The highest BCUT2D eigenvalue weighted by molar-refractivity contribution is 8.15. The highest BCUT2D eigenvalue weighted by atomic mass is 35.5. The average molecular weight is 364 g/mol. The molecule has 7 heteroatoms. The van der Waals surface area contributed by atoms with Crippen LogP contribution < -0.4 is 5.32 Å². The molecule has 1 fully saturated rings. The fourth-order valence-electron chi connectivity index (χ4n) is 2.06. The van der Waals surface area contributed by atoms with Gasteiger partial charge in [-0.1, -0.05) is 65.3 Å².